The Morgan fingerprint density at radius 1 is 1.35 bits per heavy atom. The Kier molecular flexibility index (Phi) is 4.52. The van der Waals surface area contributed by atoms with Crippen LogP contribution in [0.25, 0.3) is 5.69 Å². The molecule has 0 aliphatic heterocycles. The number of aromatic amines is 1. The molecule has 0 aliphatic carbocycles. The lowest BCUT2D eigenvalue weighted by atomic mass is 10.3. The first-order chi connectivity index (χ1) is 11.1. The van der Waals surface area contributed by atoms with Crippen molar-refractivity contribution in [2.24, 2.45) is 0 Å². The van der Waals surface area contributed by atoms with E-state index in [1.807, 2.05) is 24.3 Å². The summed E-state index contributed by atoms with van der Waals surface area (Å²) in [5.41, 5.74) is 2.63. The summed E-state index contributed by atoms with van der Waals surface area (Å²) < 4.78 is 3.42. The van der Waals surface area contributed by atoms with E-state index < -0.39 is 5.69 Å². The molecule has 0 bridgehead atoms. The van der Waals surface area contributed by atoms with Gasteiger partial charge in [-0.05, 0) is 34.7 Å². The number of benzene rings is 1. The van der Waals surface area contributed by atoms with Crippen molar-refractivity contribution in [3.8, 4) is 5.69 Å². The van der Waals surface area contributed by atoms with Crippen LogP contribution in [-0.4, -0.2) is 46.7 Å². The Morgan fingerprint density at radius 2 is 2.13 bits per heavy atom. The fraction of sp³-hybridized carbons (Fsp3) is 0.0909. The van der Waals surface area contributed by atoms with Gasteiger partial charge in [-0.2, -0.15) is 14.5 Å². The van der Waals surface area contributed by atoms with Crippen molar-refractivity contribution in [2.75, 3.05) is 11.2 Å². The summed E-state index contributed by atoms with van der Waals surface area (Å²) in [6.45, 7) is 0. The summed E-state index contributed by atoms with van der Waals surface area (Å²) in [6, 6.07) is 7.41. The SMILES string of the molecule is O=C(CSc1nnnn1-c1ccc(Br)cc1)Nn1cn[nH]c1=O. The molecule has 3 aromatic rings. The van der Waals surface area contributed by atoms with Gasteiger partial charge in [0.2, 0.25) is 11.1 Å². The highest BCUT2D eigenvalue weighted by Gasteiger charge is 2.12. The number of carbonyl (C=O) groups excluding carboxylic acids is 1. The summed E-state index contributed by atoms with van der Waals surface area (Å²) in [5.74, 6) is -0.349. The molecule has 12 heteroatoms. The zero-order valence-corrected chi connectivity index (χ0v) is 13.8. The smallest absolute Gasteiger partial charge is 0.272 e. The van der Waals surface area contributed by atoms with Crippen LogP contribution in [0.15, 0.2) is 45.0 Å². The molecule has 0 atom stereocenters. The average molecular weight is 397 g/mol. The maximum Gasteiger partial charge on any atom is 0.362 e. The van der Waals surface area contributed by atoms with Crippen molar-refractivity contribution >= 4 is 33.6 Å². The van der Waals surface area contributed by atoms with Crippen LogP contribution in [0, 0.1) is 0 Å². The van der Waals surface area contributed by atoms with Crippen LogP contribution in [0.4, 0.5) is 0 Å². The number of H-pyrrole nitrogens is 1. The lowest BCUT2D eigenvalue weighted by Gasteiger charge is -2.05. The van der Waals surface area contributed by atoms with Crippen molar-refractivity contribution < 1.29 is 4.79 Å². The maximum atomic E-state index is 11.8. The molecule has 23 heavy (non-hydrogen) atoms. The van der Waals surface area contributed by atoms with E-state index in [1.165, 1.54) is 11.0 Å². The fourth-order valence-electron chi connectivity index (χ4n) is 1.64. The number of nitrogens with zero attached hydrogens (tertiary/aromatic N) is 6. The predicted octanol–water partition coefficient (Wildman–Crippen LogP) is 0.172. The Hall–Kier alpha value is -2.47. The van der Waals surface area contributed by atoms with Crippen LogP contribution in [0.5, 0.6) is 0 Å². The van der Waals surface area contributed by atoms with Gasteiger partial charge in [0.25, 0.3) is 0 Å². The molecule has 0 aliphatic rings. The van der Waals surface area contributed by atoms with E-state index in [0.29, 0.717) is 5.16 Å². The summed E-state index contributed by atoms with van der Waals surface area (Å²) in [4.78, 5) is 23.1. The number of amides is 1. The molecule has 0 saturated carbocycles. The van der Waals surface area contributed by atoms with Crippen LogP contribution in [0.2, 0.25) is 0 Å². The average Bonchev–Trinajstić information content (AvgIpc) is 3.16. The van der Waals surface area contributed by atoms with E-state index in [-0.39, 0.29) is 11.7 Å². The number of hydrogen-bond acceptors (Lipinski definition) is 7. The topological polar surface area (TPSA) is 123 Å². The number of nitrogens with one attached hydrogen (secondary N) is 2. The fourth-order valence-corrected chi connectivity index (χ4v) is 2.59. The van der Waals surface area contributed by atoms with Gasteiger partial charge >= 0.3 is 5.69 Å². The highest BCUT2D eigenvalue weighted by molar-refractivity contribution is 9.10. The molecule has 0 fully saturated rings. The van der Waals surface area contributed by atoms with Crippen LogP contribution in [0.1, 0.15) is 0 Å². The van der Waals surface area contributed by atoms with E-state index in [4.69, 9.17) is 0 Å². The first-order valence-electron chi connectivity index (χ1n) is 6.22. The number of hydrogen-bond donors (Lipinski definition) is 2. The highest BCUT2D eigenvalue weighted by atomic mass is 79.9. The number of halogens is 1. The number of rotatable bonds is 5. The molecule has 2 aromatic heterocycles. The third-order valence-electron chi connectivity index (χ3n) is 2.64. The molecular formula is C11H9BrN8O2S. The van der Waals surface area contributed by atoms with Gasteiger partial charge in [0.15, 0.2) is 0 Å². The number of carbonyl (C=O) groups is 1. The van der Waals surface area contributed by atoms with Gasteiger partial charge in [-0.15, -0.1) is 5.10 Å². The van der Waals surface area contributed by atoms with Crippen molar-refractivity contribution in [2.45, 2.75) is 5.16 Å². The minimum atomic E-state index is -0.525. The molecule has 1 amide bonds. The van der Waals surface area contributed by atoms with E-state index in [9.17, 15) is 9.59 Å². The van der Waals surface area contributed by atoms with Gasteiger partial charge in [-0.3, -0.25) is 10.2 Å². The number of aromatic nitrogens is 7. The van der Waals surface area contributed by atoms with E-state index in [2.05, 4.69) is 47.1 Å². The standard InChI is InChI=1S/C11H9BrN8O2S/c12-7-1-3-8(4-2-7)20-11(15-17-18-20)23-5-9(21)16-19-6-13-14-10(19)22/h1-4,6H,5H2,(H,14,22)(H,16,21). The van der Waals surface area contributed by atoms with Gasteiger partial charge in [-0.25, -0.2) is 9.89 Å². The molecule has 2 heterocycles. The summed E-state index contributed by atoms with van der Waals surface area (Å²) >= 11 is 4.50. The quantitative estimate of drug-likeness (QED) is 0.589. The zero-order chi connectivity index (χ0) is 16.2. The lowest BCUT2D eigenvalue weighted by molar-refractivity contribution is -0.114. The molecule has 1 aromatic carbocycles. The maximum absolute atomic E-state index is 11.8. The number of tetrazole rings is 1. The third-order valence-corrected chi connectivity index (χ3v) is 4.09. The van der Waals surface area contributed by atoms with Crippen LogP contribution < -0.4 is 11.1 Å². The van der Waals surface area contributed by atoms with Crippen LogP contribution in [-0.2, 0) is 4.79 Å². The Labute approximate surface area is 141 Å². The Bertz CT molecular complexity index is 871. The Balaban J connectivity index is 1.66. The van der Waals surface area contributed by atoms with Gasteiger partial charge in [0.05, 0.1) is 11.4 Å². The van der Waals surface area contributed by atoms with Gasteiger partial charge in [0, 0.05) is 4.47 Å². The second kappa shape index (κ2) is 6.75. The van der Waals surface area contributed by atoms with E-state index in [1.54, 1.807) is 0 Å². The van der Waals surface area contributed by atoms with Gasteiger partial charge < -0.3 is 0 Å². The second-order valence-electron chi connectivity index (χ2n) is 4.20. The van der Waals surface area contributed by atoms with Crippen LogP contribution >= 0.6 is 27.7 Å². The molecule has 3 rings (SSSR count). The number of thioether (sulfide) groups is 1. The molecule has 0 spiro atoms. The van der Waals surface area contributed by atoms with Crippen molar-refractivity contribution in [1.82, 2.24) is 35.1 Å². The second-order valence-corrected chi connectivity index (χ2v) is 6.06. The lowest BCUT2D eigenvalue weighted by Crippen LogP contribution is -2.31. The van der Waals surface area contributed by atoms with E-state index in [0.717, 1.165) is 26.6 Å². The molecule has 118 valence electrons. The van der Waals surface area contributed by atoms with Crippen LogP contribution in [0.3, 0.4) is 0 Å². The van der Waals surface area contributed by atoms with Crippen molar-refractivity contribution in [3.63, 3.8) is 0 Å². The highest BCUT2D eigenvalue weighted by Crippen LogP contribution is 2.19. The van der Waals surface area contributed by atoms with Gasteiger partial charge in [0.1, 0.15) is 6.33 Å². The minimum Gasteiger partial charge on any atom is -0.272 e. The summed E-state index contributed by atoms with van der Waals surface area (Å²) in [6.07, 6.45) is 1.18. The monoisotopic (exact) mass is 396 g/mol. The molecule has 0 radical (unpaired) electrons. The summed E-state index contributed by atoms with van der Waals surface area (Å²) in [5, 5.41) is 17.6. The summed E-state index contributed by atoms with van der Waals surface area (Å²) in [7, 11) is 0. The molecule has 0 saturated heterocycles. The first kappa shape index (κ1) is 15.4. The predicted molar refractivity (Wildman–Crippen MR) is 84.8 cm³/mol. The van der Waals surface area contributed by atoms with Gasteiger partial charge in [-0.1, -0.05) is 27.7 Å². The van der Waals surface area contributed by atoms with Crippen molar-refractivity contribution in [1.29, 1.82) is 0 Å². The third kappa shape index (κ3) is 3.65. The molecule has 10 nitrogen and oxygen atoms in total. The molecular weight excluding hydrogens is 388 g/mol. The van der Waals surface area contributed by atoms with E-state index >= 15 is 0 Å². The Morgan fingerprint density at radius 3 is 2.83 bits per heavy atom. The zero-order valence-electron chi connectivity index (χ0n) is 11.4. The largest absolute Gasteiger partial charge is 0.362 e. The minimum absolute atomic E-state index is 0.0362. The normalized spacial score (nSPS) is 10.7. The first-order valence-corrected chi connectivity index (χ1v) is 8.00. The van der Waals surface area contributed by atoms with Crippen molar-refractivity contribution in [3.05, 3.63) is 45.5 Å². The molecule has 2 N–H and O–H groups in total. The molecule has 0 unspecified atom stereocenters.